The van der Waals surface area contributed by atoms with Gasteiger partial charge in [-0.05, 0) is 24.2 Å². The van der Waals surface area contributed by atoms with Gasteiger partial charge in [0.25, 0.3) is 0 Å². The molecule has 0 N–H and O–H groups in total. The van der Waals surface area contributed by atoms with Gasteiger partial charge in [-0.1, -0.05) is 33.6 Å². The van der Waals surface area contributed by atoms with Gasteiger partial charge < -0.3 is 0 Å². The molecule has 1 aliphatic rings. The quantitative estimate of drug-likeness (QED) is 0.545. The first kappa shape index (κ1) is 7.11. The van der Waals surface area contributed by atoms with Crippen molar-refractivity contribution in [3.05, 3.63) is 0 Å². The molecule has 0 nitrogen and oxygen atoms in total. The van der Waals surface area contributed by atoms with E-state index in [1.807, 2.05) is 0 Å². The van der Waals surface area contributed by atoms with E-state index in [0.29, 0.717) is 0 Å². The predicted molar refractivity (Wildman–Crippen MR) is 41.3 cm³/mol. The Morgan fingerprint density at radius 3 is 2.44 bits per heavy atom. The summed E-state index contributed by atoms with van der Waals surface area (Å²) in [6, 6.07) is 0. The second-order valence-corrected chi connectivity index (χ2v) is 3.64. The molecule has 1 saturated carbocycles. The summed E-state index contributed by atoms with van der Waals surface area (Å²) < 4.78 is 0. The van der Waals surface area contributed by atoms with Gasteiger partial charge >= 0.3 is 0 Å². The van der Waals surface area contributed by atoms with Crippen molar-refractivity contribution in [3.8, 4) is 0 Å². The summed E-state index contributed by atoms with van der Waals surface area (Å²) in [7, 11) is 0. The first-order valence-electron chi connectivity index (χ1n) is 4.25. The van der Waals surface area contributed by atoms with Crippen molar-refractivity contribution in [2.45, 2.75) is 40.0 Å². The molecular weight excluding hydrogens is 108 g/mol. The van der Waals surface area contributed by atoms with Crippen molar-refractivity contribution in [3.63, 3.8) is 0 Å². The molecule has 0 amide bonds. The second kappa shape index (κ2) is 2.72. The Morgan fingerprint density at radius 1 is 1.56 bits per heavy atom. The first-order chi connectivity index (χ1) is 4.25. The van der Waals surface area contributed by atoms with E-state index < -0.39 is 0 Å². The topological polar surface area (TPSA) is 0 Å². The van der Waals surface area contributed by atoms with E-state index in [1.165, 1.54) is 19.3 Å². The zero-order valence-electron chi connectivity index (χ0n) is 6.85. The Balaban J connectivity index is 2.11. The third-order valence-corrected chi connectivity index (χ3v) is 2.65. The lowest BCUT2D eigenvalue weighted by Gasteiger charge is -2.06. The van der Waals surface area contributed by atoms with E-state index in [4.69, 9.17) is 0 Å². The molecule has 0 radical (unpaired) electrons. The Morgan fingerprint density at radius 2 is 2.11 bits per heavy atom. The Hall–Kier alpha value is 0. The van der Waals surface area contributed by atoms with Gasteiger partial charge in [0.2, 0.25) is 0 Å². The monoisotopic (exact) mass is 126 g/mol. The average molecular weight is 126 g/mol. The minimum Gasteiger partial charge on any atom is -0.0654 e. The molecule has 54 valence electrons. The summed E-state index contributed by atoms with van der Waals surface area (Å²) in [5.74, 6) is 3.14. The maximum atomic E-state index is 2.40. The van der Waals surface area contributed by atoms with E-state index in [0.717, 1.165) is 17.8 Å². The fraction of sp³-hybridized carbons (Fsp3) is 1.00. The fourth-order valence-corrected chi connectivity index (χ4v) is 1.81. The Kier molecular flexibility index (Phi) is 2.15. The van der Waals surface area contributed by atoms with Crippen molar-refractivity contribution in [2.75, 3.05) is 0 Å². The highest BCUT2D eigenvalue weighted by atomic mass is 14.4. The van der Waals surface area contributed by atoms with E-state index in [2.05, 4.69) is 20.8 Å². The molecule has 0 spiro atoms. The van der Waals surface area contributed by atoms with Crippen LogP contribution in [0.5, 0.6) is 0 Å². The third kappa shape index (κ3) is 1.70. The van der Waals surface area contributed by atoms with Gasteiger partial charge in [-0.25, -0.2) is 0 Å². The van der Waals surface area contributed by atoms with Crippen molar-refractivity contribution in [1.29, 1.82) is 0 Å². The van der Waals surface area contributed by atoms with Gasteiger partial charge in [0, 0.05) is 0 Å². The fourth-order valence-electron chi connectivity index (χ4n) is 1.81. The van der Waals surface area contributed by atoms with Crippen LogP contribution in [0.25, 0.3) is 0 Å². The smallest absolute Gasteiger partial charge is 0.0360 e. The zero-order chi connectivity index (χ0) is 6.85. The lowest BCUT2D eigenvalue weighted by molar-refractivity contribution is 0.444. The van der Waals surface area contributed by atoms with E-state index in [1.54, 1.807) is 0 Å². The van der Waals surface area contributed by atoms with Crippen molar-refractivity contribution in [1.82, 2.24) is 0 Å². The molecule has 0 bridgehead atoms. The van der Waals surface area contributed by atoms with Crippen LogP contribution in [0.1, 0.15) is 40.0 Å². The zero-order valence-corrected chi connectivity index (χ0v) is 6.85. The van der Waals surface area contributed by atoms with E-state index >= 15 is 0 Å². The molecule has 1 rings (SSSR count). The lowest BCUT2D eigenvalue weighted by Crippen LogP contribution is -1.96. The van der Waals surface area contributed by atoms with E-state index in [9.17, 15) is 0 Å². The van der Waals surface area contributed by atoms with Gasteiger partial charge in [0.1, 0.15) is 0 Å². The number of rotatable bonds is 3. The van der Waals surface area contributed by atoms with Crippen LogP contribution in [-0.2, 0) is 0 Å². The Bertz CT molecular complexity index is 86.0. The van der Waals surface area contributed by atoms with Crippen molar-refractivity contribution >= 4 is 0 Å². The molecule has 0 aliphatic heterocycles. The molecule has 0 heteroatoms. The summed E-state index contributed by atoms with van der Waals surface area (Å²) >= 11 is 0. The highest BCUT2D eigenvalue weighted by Crippen LogP contribution is 2.44. The van der Waals surface area contributed by atoms with Crippen LogP contribution in [0.2, 0.25) is 0 Å². The number of hydrogen-bond acceptors (Lipinski definition) is 0. The summed E-state index contributed by atoms with van der Waals surface area (Å²) in [5, 5.41) is 0. The largest absolute Gasteiger partial charge is 0.0654 e. The summed E-state index contributed by atoms with van der Waals surface area (Å²) in [6.45, 7) is 7.05. The molecule has 9 heavy (non-hydrogen) atoms. The number of hydrogen-bond donors (Lipinski definition) is 0. The van der Waals surface area contributed by atoms with E-state index in [-0.39, 0.29) is 0 Å². The molecule has 0 aromatic rings. The van der Waals surface area contributed by atoms with Gasteiger partial charge in [-0.3, -0.25) is 0 Å². The third-order valence-electron chi connectivity index (χ3n) is 2.65. The molecule has 0 heterocycles. The summed E-state index contributed by atoms with van der Waals surface area (Å²) in [4.78, 5) is 0. The van der Waals surface area contributed by atoms with Crippen LogP contribution in [0, 0.1) is 17.8 Å². The molecule has 1 aliphatic carbocycles. The first-order valence-corrected chi connectivity index (χ1v) is 4.25. The van der Waals surface area contributed by atoms with Crippen LogP contribution >= 0.6 is 0 Å². The summed E-state index contributed by atoms with van der Waals surface area (Å²) in [5.41, 5.74) is 0. The van der Waals surface area contributed by atoms with Crippen LogP contribution < -0.4 is 0 Å². The minimum atomic E-state index is 1.00. The second-order valence-electron chi connectivity index (χ2n) is 3.64. The maximum Gasteiger partial charge on any atom is -0.0360 e. The molecule has 1 unspecified atom stereocenters. The maximum absolute atomic E-state index is 2.40. The van der Waals surface area contributed by atoms with Gasteiger partial charge in [0.15, 0.2) is 0 Å². The van der Waals surface area contributed by atoms with Crippen molar-refractivity contribution in [2.24, 2.45) is 17.8 Å². The minimum absolute atomic E-state index is 1.00. The standard InChI is InChI=1S/C9H18/c1-4-5-7(2)9-6-8(9)3/h7-9H,4-6H2,1-3H3/t7?,8-,9+/m0/s1. The van der Waals surface area contributed by atoms with Gasteiger partial charge in [-0.15, -0.1) is 0 Å². The Labute approximate surface area is 58.7 Å². The molecule has 1 fully saturated rings. The van der Waals surface area contributed by atoms with Crippen LogP contribution in [0.3, 0.4) is 0 Å². The highest BCUT2D eigenvalue weighted by Gasteiger charge is 2.36. The normalized spacial score (nSPS) is 36.3. The summed E-state index contributed by atoms with van der Waals surface area (Å²) in [6.07, 6.45) is 4.31. The SMILES string of the molecule is CCCC(C)[C@H]1C[C@@H]1C. The average Bonchev–Trinajstić information content (AvgIpc) is 2.47. The highest BCUT2D eigenvalue weighted by molar-refractivity contribution is 4.85. The molecule has 0 saturated heterocycles. The van der Waals surface area contributed by atoms with Crippen molar-refractivity contribution < 1.29 is 0 Å². The van der Waals surface area contributed by atoms with Crippen LogP contribution in [-0.4, -0.2) is 0 Å². The van der Waals surface area contributed by atoms with Crippen LogP contribution in [0.4, 0.5) is 0 Å². The lowest BCUT2D eigenvalue weighted by atomic mass is 10.00. The van der Waals surface area contributed by atoms with Gasteiger partial charge in [0.05, 0.1) is 0 Å². The molecule has 3 atom stereocenters. The molecular formula is C9H18. The molecule has 0 aromatic heterocycles. The predicted octanol–water partition coefficient (Wildman–Crippen LogP) is 3.08. The van der Waals surface area contributed by atoms with Gasteiger partial charge in [-0.2, -0.15) is 0 Å². The van der Waals surface area contributed by atoms with Crippen LogP contribution in [0.15, 0.2) is 0 Å². The molecule has 0 aromatic carbocycles.